The van der Waals surface area contributed by atoms with E-state index in [-0.39, 0.29) is 0 Å². The highest BCUT2D eigenvalue weighted by Gasteiger charge is 2.12. The molecule has 1 aromatic carbocycles. The van der Waals surface area contributed by atoms with Gasteiger partial charge in [0.1, 0.15) is 0 Å². The fourth-order valence-electron chi connectivity index (χ4n) is 1.93. The molecule has 0 fully saturated rings. The molecule has 0 amide bonds. The van der Waals surface area contributed by atoms with Gasteiger partial charge < -0.3 is 0 Å². The lowest BCUT2D eigenvalue weighted by Gasteiger charge is -2.20. The van der Waals surface area contributed by atoms with Gasteiger partial charge in [0.15, 0.2) is 0 Å². The molecule has 0 radical (unpaired) electrons. The number of hydrazine groups is 1. The van der Waals surface area contributed by atoms with E-state index in [4.69, 9.17) is 5.84 Å². The molecule has 0 saturated heterocycles. The molecule has 2 heteroatoms. The number of hydrogen-bond donors (Lipinski definition) is 2. The summed E-state index contributed by atoms with van der Waals surface area (Å²) in [6.45, 7) is 8.65. The molecule has 0 bridgehead atoms. The second-order valence-corrected chi connectivity index (χ2v) is 4.72. The van der Waals surface area contributed by atoms with Crippen molar-refractivity contribution in [2.75, 3.05) is 0 Å². The van der Waals surface area contributed by atoms with Crippen LogP contribution in [0.3, 0.4) is 0 Å². The lowest BCUT2D eigenvalue weighted by molar-refractivity contribution is 0.404. The van der Waals surface area contributed by atoms with E-state index in [2.05, 4.69) is 51.3 Å². The third-order valence-corrected chi connectivity index (χ3v) is 2.76. The normalized spacial score (nSPS) is 13.2. The molecule has 3 N–H and O–H groups in total. The largest absolute Gasteiger partial charge is 0.271 e. The Labute approximate surface area is 92.8 Å². The van der Waals surface area contributed by atoms with Gasteiger partial charge in [-0.1, -0.05) is 43.2 Å². The second kappa shape index (κ2) is 5.29. The fourth-order valence-corrected chi connectivity index (χ4v) is 1.93. The first-order chi connectivity index (χ1) is 7.02. The summed E-state index contributed by atoms with van der Waals surface area (Å²) in [4.78, 5) is 0. The Hall–Kier alpha value is -0.860. The Morgan fingerprint density at radius 2 is 1.67 bits per heavy atom. The predicted molar refractivity (Wildman–Crippen MR) is 65.6 cm³/mol. The zero-order valence-corrected chi connectivity index (χ0v) is 10.2. The van der Waals surface area contributed by atoms with Gasteiger partial charge in [-0.05, 0) is 31.7 Å². The van der Waals surface area contributed by atoms with E-state index >= 15 is 0 Å². The molecule has 2 nitrogen and oxygen atoms in total. The molecule has 0 aromatic heterocycles. The van der Waals surface area contributed by atoms with E-state index < -0.39 is 0 Å². The molecule has 1 unspecified atom stereocenters. The van der Waals surface area contributed by atoms with Gasteiger partial charge in [0.05, 0.1) is 0 Å². The Morgan fingerprint density at radius 1 is 1.13 bits per heavy atom. The number of hydrogen-bond acceptors (Lipinski definition) is 2. The fraction of sp³-hybridized carbons (Fsp3) is 0.538. The van der Waals surface area contributed by atoms with Crippen molar-refractivity contribution in [1.82, 2.24) is 5.43 Å². The van der Waals surface area contributed by atoms with Crippen LogP contribution in [0.5, 0.6) is 0 Å². The van der Waals surface area contributed by atoms with Gasteiger partial charge in [-0.2, -0.15) is 0 Å². The molecular weight excluding hydrogens is 184 g/mol. The monoisotopic (exact) mass is 206 g/mol. The number of aryl methyl sites for hydroxylation is 2. The minimum atomic E-state index is 0.353. The van der Waals surface area contributed by atoms with Crippen molar-refractivity contribution < 1.29 is 0 Å². The summed E-state index contributed by atoms with van der Waals surface area (Å²) in [6.07, 6.45) is 0.997. The Kier molecular flexibility index (Phi) is 4.30. The lowest BCUT2D eigenvalue weighted by Crippen LogP contribution is -2.40. The highest BCUT2D eigenvalue weighted by molar-refractivity contribution is 5.29. The summed E-state index contributed by atoms with van der Waals surface area (Å²) >= 11 is 0. The molecule has 0 aliphatic rings. The van der Waals surface area contributed by atoms with Crippen molar-refractivity contribution >= 4 is 0 Å². The molecule has 0 saturated carbocycles. The summed E-state index contributed by atoms with van der Waals surface area (Å²) < 4.78 is 0. The standard InChI is InChI=1S/C13H22N2/c1-9(2)13(15-14)8-12-6-10(3)5-11(4)7-12/h5-7,9,13,15H,8,14H2,1-4H3. The van der Waals surface area contributed by atoms with Crippen LogP contribution in [0.15, 0.2) is 18.2 Å². The molecule has 0 aliphatic carbocycles. The van der Waals surface area contributed by atoms with Crippen LogP contribution in [0.1, 0.15) is 30.5 Å². The van der Waals surface area contributed by atoms with Crippen LogP contribution in [0.25, 0.3) is 0 Å². The van der Waals surface area contributed by atoms with Crippen LogP contribution >= 0.6 is 0 Å². The van der Waals surface area contributed by atoms with E-state index in [1.165, 1.54) is 16.7 Å². The van der Waals surface area contributed by atoms with Gasteiger partial charge in [-0.3, -0.25) is 11.3 Å². The van der Waals surface area contributed by atoms with Crippen molar-refractivity contribution in [3.63, 3.8) is 0 Å². The average molecular weight is 206 g/mol. The maximum atomic E-state index is 5.55. The quantitative estimate of drug-likeness (QED) is 0.586. The van der Waals surface area contributed by atoms with E-state index in [0.717, 1.165) is 6.42 Å². The number of rotatable bonds is 4. The molecule has 0 spiro atoms. The van der Waals surface area contributed by atoms with Gasteiger partial charge in [-0.15, -0.1) is 0 Å². The highest BCUT2D eigenvalue weighted by atomic mass is 15.2. The predicted octanol–water partition coefficient (Wildman–Crippen LogP) is 2.33. The van der Waals surface area contributed by atoms with Crippen LogP contribution in [0.4, 0.5) is 0 Å². The summed E-state index contributed by atoms with van der Waals surface area (Å²) in [6, 6.07) is 7.02. The summed E-state index contributed by atoms with van der Waals surface area (Å²) in [5, 5.41) is 0. The van der Waals surface area contributed by atoms with Crippen molar-refractivity contribution in [3.05, 3.63) is 34.9 Å². The van der Waals surface area contributed by atoms with Crippen LogP contribution in [-0.4, -0.2) is 6.04 Å². The number of nitrogens with two attached hydrogens (primary N) is 1. The summed E-state index contributed by atoms with van der Waals surface area (Å²) in [7, 11) is 0. The Balaban J connectivity index is 2.79. The molecule has 15 heavy (non-hydrogen) atoms. The SMILES string of the molecule is Cc1cc(C)cc(CC(NN)C(C)C)c1. The molecule has 84 valence electrons. The van der Waals surface area contributed by atoms with Gasteiger partial charge in [-0.25, -0.2) is 0 Å². The molecule has 0 heterocycles. The molecule has 1 atom stereocenters. The van der Waals surface area contributed by atoms with Crippen LogP contribution < -0.4 is 11.3 Å². The third kappa shape index (κ3) is 3.65. The smallest absolute Gasteiger partial charge is 0.0273 e. The summed E-state index contributed by atoms with van der Waals surface area (Å²) in [5.74, 6) is 6.10. The lowest BCUT2D eigenvalue weighted by atomic mass is 9.95. The van der Waals surface area contributed by atoms with E-state index in [1.807, 2.05) is 0 Å². The maximum Gasteiger partial charge on any atom is 0.0273 e. The van der Waals surface area contributed by atoms with Crippen LogP contribution in [-0.2, 0) is 6.42 Å². The maximum absolute atomic E-state index is 5.55. The minimum Gasteiger partial charge on any atom is -0.271 e. The molecule has 0 aliphatic heterocycles. The molecule has 1 rings (SSSR count). The topological polar surface area (TPSA) is 38.0 Å². The first-order valence-electron chi connectivity index (χ1n) is 5.56. The highest BCUT2D eigenvalue weighted by Crippen LogP contribution is 2.13. The second-order valence-electron chi connectivity index (χ2n) is 4.72. The van der Waals surface area contributed by atoms with Crippen molar-refractivity contribution in [2.45, 2.75) is 40.2 Å². The van der Waals surface area contributed by atoms with Crippen molar-refractivity contribution in [2.24, 2.45) is 11.8 Å². The van der Waals surface area contributed by atoms with Gasteiger partial charge in [0.2, 0.25) is 0 Å². The van der Waals surface area contributed by atoms with Gasteiger partial charge in [0.25, 0.3) is 0 Å². The van der Waals surface area contributed by atoms with Crippen molar-refractivity contribution in [1.29, 1.82) is 0 Å². The zero-order valence-electron chi connectivity index (χ0n) is 10.2. The van der Waals surface area contributed by atoms with Gasteiger partial charge >= 0.3 is 0 Å². The van der Waals surface area contributed by atoms with E-state index in [0.29, 0.717) is 12.0 Å². The Bertz CT molecular complexity index is 298. The first kappa shape index (κ1) is 12.2. The molecule has 1 aromatic rings. The molecular formula is C13H22N2. The van der Waals surface area contributed by atoms with Crippen LogP contribution in [0, 0.1) is 19.8 Å². The van der Waals surface area contributed by atoms with Crippen molar-refractivity contribution in [3.8, 4) is 0 Å². The van der Waals surface area contributed by atoms with E-state index in [9.17, 15) is 0 Å². The average Bonchev–Trinajstić information content (AvgIpc) is 2.12. The summed E-state index contributed by atoms with van der Waals surface area (Å²) in [5.41, 5.74) is 6.90. The van der Waals surface area contributed by atoms with E-state index in [1.54, 1.807) is 0 Å². The minimum absolute atomic E-state index is 0.353. The first-order valence-corrected chi connectivity index (χ1v) is 5.56. The zero-order chi connectivity index (χ0) is 11.4. The third-order valence-electron chi connectivity index (χ3n) is 2.76. The van der Waals surface area contributed by atoms with Crippen LogP contribution in [0.2, 0.25) is 0 Å². The number of nitrogens with one attached hydrogen (secondary N) is 1. The van der Waals surface area contributed by atoms with Gasteiger partial charge in [0, 0.05) is 6.04 Å². The Morgan fingerprint density at radius 3 is 2.07 bits per heavy atom. The number of benzene rings is 1.